The van der Waals surface area contributed by atoms with E-state index >= 15 is 0 Å². The maximum atomic E-state index is 13.8. The largest absolute Gasteiger partial charge is 0.327 e. The van der Waals surface area contributed by atoms with Gasteiger partial charge < -0.3 is 9.55 Å². The van der Waals surface area contributed by atoms with Gasteiger partial charge in [0.1, 0.15) is 11.6 Å². The predicted molar refractivity (Wildman–Crippen MR) is 99.5 cm³/mol. The Morgan fingerprint density at radius 3 is 2.85 bits per heavy atom. The average Bonchev–Trinajstić information content (AvgIpc) is 3.22. The summed E-state index contributed by atoms with van der Waals surface area (Å²) in [5.74, 6) is 0.776. The highest BCUT2D eigenvalue weighted by molar-refractivity contribution is 5.87. The van der Waals surface area contributed by atoms with Crippen LogP contribution in [0.2, 0.25) is 0 Å². The molecule has 0 fully saturated rings. The van der Waals surface area contributed by atoms with Crippen molar-refractivity contribution in [1.29, 1.82) is 0 Å². The molecule has 5 heteroatoms. The Balaban J connectivity index is 1.76. The molecule has 26 heavy (non-hydrogen) atoms. The van der Waals surface area contributed by atoms with Crippen molar-refractivity contribution in [2.24, 2.45) is 0 Å². The van der Waals surface area contributed by atoms with E-state index in [-0.39, 0.29) is 11.4 Å². The van der Waals surface area contributed by atoms with Crippen molar-refractivity contribution in [1.82, 2.24) is 14.5 Å². The minimum absolute atomic E-state index is 0.115. The van der Waals surface area contributed by atoms with Crippen LogP contribution in [0.25, 0.3) is 33.4 Å². The molecule has 0 radical (unpaired) electrons. The van der Waals surface area contributed by atoms with Gasteiger partial charge in [0.2, 0.25) is 5.56 Å². The summed E-state index contributed by atoms with van der Waals surface area (Å²) in [6, 6.07) is 15.9. The SMILES string of the molecule is O=c1ccc2cc(-c3c(-c4cccc(F)c4)nc4n3CCC4)ccc2[nH]1. The van der Waals surface area contributed by atoms with Crippen LogP contribution in [-0.2, 0) is 13.0 Å². The number of halogens is 1. The Labute approximate surface area is 149 Å². The van der Waals surface area contributed by atoms with Crippen LogP contribution in [0.4, 0.5) is 4.39 Å². The fourth-order valence-corrected chi connectivity index (χ4v) is 3.76. The molecule has 1 aliphatic rings. The molecular formula is C21H16FN3O. The van der Waals surface area contributed by atoms with Crippen LogP contribution < -0.4 is 5.56 Å². The Morgan fingerprint density at radius 1 is 1.04 bits per heavy atom. The summed E-state index contributed by atoms with van der Waals surface area (Å²) in [7, 11) is 0. The molecule has 128 valence electrons. The molecule has 0 unspecified atom stereocenters. The zero-order valence-electron chi connectivity index (χ0n) is 14.0. The molecule has 0 aliphatic carbocycles. The maximum absolute atomic E-state index is 13.8. The van der Waals surface area contributed by atoms with E-state index in [2.05, 4.69) is 15.6 Å². The van der Waals surface area contributed by atoms with Crippen molar-refractivity contribution < 1.29 is 4.39 Å². The Hall–Kier alpha value is -3.21. The van der Waals surface area contributed by atoms with Crippen molar-refractivity contribution in [3.05, 3.63) is 76.6 Å². The van der Waals surface area contributed by atoms with Gasteiger partial charge >= 0.3 is 0 Å². The lowest BCUT2D eigenvalue weighted by Gasteiger charge is -2.10. The van der Waals surface area contributed by atoms with Gasteiger partial charge in [-0.3, -0.25) is 4.79 Å². The molecule has 1 N–H and O–H groups in total. The molecule has 4 aromatic rings. The van der Waals surface area contributed by atoms with Crippen molar-refractivity contribution >= 4 is 10.9 Å². The van der Waals surface area contributed by atoms with E-state index in [0.717, 1.165) is 58.6 Å². The van der Waals surface area contributed by atoms with Gasteiger partial charge in [0.15, 0.2) is 0 Å². The molecule has 1 aliphatic heterocycles. The minimum Gasteiger partial charge on any atom is -0.327 e. The smallest absolute Gasteiger partial charge is 0.248 e. The first kappa shape index (κ1) is 15.1. The van der Waals surface area contributed by atoms with Gasteiger partial charge in [-0.25, -0.2) is 9.37 Å². The molecule has 0 atom stereocenters. The molecule has 0 spiro atoms. The lowest BCUT2D eigenvalue weighted by molar-refractivity contribution is 0.628. The second kappa shape index (κ2) is 5.66. The molecule has 0 bridgehead atoms. The van der Waals surface area contributed by atoms with E-state index < -0.39 is 0 Å². The maximum Gasteiger partial charge on any atom is 0.248 e. The quantitative estimate of drug-likeness (QED) is 0.593. The first-order chi connectivity index (χ1) is 12.7. The molecular weight excluding hydrogens is 329 g/mol. The topological polar surface area (TPSA) is 50.7 Å². The van der Waals surface area contributed by atoms with Crippen LogP contribution in [0.5, 0.6) is 0 Å². The monoisotopic (exact) mass is 345 g/mol. The lowest BCUT2D eigenvalue weighted by atomic mass is 10.0. The number of pyridine rings is 1. The van der Waals surface area contributed by atoms with Gasteiger partial charge in [-0.05, 0) is 42.1 Å². The highest BCUT2D eigenvalue weighted by atomic mass is 19.1. The number of nitrogens with one attached hydrogen (secondary N) is 1. The molecule has 0 saturated heterocycles. The molecule has 2 aromatic heterocycles. The normalized spacial score (nSPS) is 13.3. The zero-order chi connectivity index (χ0) is 17.7. The Bertz CT molecular complexity index is 1210. The number of aryl methyl sites for hydroxylation is 1. The fraction of sp³-hybridized carbons (Fsp3) is 0.143. The van der Waals surface area contributed by atoms with E-state index in [1.54, 1.807) is 6.07 Å². The van der Waals surface area contributed by atoms with Crippen molar-refractivity contribution in [2.75, 3.05) is 0 Å². The van der Waals surface area contributed by atoms with Gasteiger partial charge in [-0.15, -0.1) is 0 Å². The van der Waals surface area contributed by atoms with E-state index in [0.29, 0.717) is 0 Å². The molecule has 3 heterocycles. The van der Waals surface area contributed by atoms with E-state index in [4.69, 9.17) is 4.98 Å². The van der Waals surface area contributed by atoms with Gasteiger partial charge in [0, 0.05) is 35.7 Å². The predicted octanol–water partition coefficient (Wildman–Crippen LogP) is 4.14. The van der Waals surface area contributed by atoms with Crippen LogP contribution >= 0.6 is 0 Å². The molecule has 5 rings (SSSR count). The second-order valence-corrected chi connectivity index (χ2v) is 6.62. The number of hydrogen-bond acceptors (Lipinski definition) is 2. The van der Waals surface area contributed by atoms with Crippen LogP contribution in [0, 0.1) is 5.82 Å². The number of rotatable bonds is 2. The first-order valence-corrected chi connectivity index (χ1v) is 8.68. The van der Waals surface area contributed by atoms with E-state index in [1.807, 2.05) is 24.3 Å². The molecule has 0 amide bonds. The van der Waals surface area contributed by atoms with E-state index in [1.165, 1.54) is 18.2 Å². The van der Waals surface area contributed by atoms with Gasteiger partial charge in [0.25, 0.3) is 0 Å². The summed E-state index contributed by atoms with van der Waals surface area (Å²) >= 11 is 0. The molecule has 0 saturated carbocycles. The number of fused-ring (bicyclic) bond motifs is 2. The van der Waals surface area contributed by atoms with Gasteiger partial charge in [-0.2, -0.15) is 0 Å². The average molecular weight is 345 g/mol. The second-order valence-electron chi connectivity index (χ2n) is 6.62. The van der Waals surface area contributed by atoms with Gasteiger partial charge in [-0.1, -0.05) is 18.2 Å². The number of imidazole rings is 1. The van der Waals surface area contributed by atoms with Gasteiger partial charge in [0.05, 0.1) is 11.4 Å². The Morgan fingerprint density at radius 2 is 1.96 bits per heavy atom. The summed E-state index contributed by atoms with van der Waals surface area (Å²) < 4.78 is 16.0. The third kappa shape index (κ3) is 2.36. The fourth-order valence-electron chi connectivity index (χ4n) is 3.76. The minimum atomic E-state index is -0.266. The number of aromatic nitrogens is 3. The summed E-state index contributed by atoms with van der Waals surface area (Å²) in [4.78, 5) is 19.2. The Kier molecular flexibility index (Phi) is 3.28. The van der Waals surface area contributed by atoms with Crippen LogP contribution in [0.3, 0.4) is 0 Å². The number of nitrogens with zero attached hydrogens (tertiary/aromatic N) is 2. The summed E-state index contributed by atoms with van der Waals surface area (Å²) in [6.45, 7) is 0.913. The third-order valence-corrected chi connectivity index (χ3v) is 4.92. The number of hydrogen-bond donors (Lipinski definition) is 1. The van der Waals surface area contributed by atoms with Crippen molar-refractivity contribution in [3.63, 3.8) is 0 Å². The zero-order valence-corrected chi connectivity index (χ0v) is 14.0. The number of benzene rings is 2. The summed E-state index contributed by atoms with van der Waals surface area (Å²) in [6.07, 6.45) is 2.00. The number of aromatic amines is 1. The first-order valence-electron chi connectivity index (χ1n) is 8.68. The van der Waals surface area contributed by atoms with Crippen LogP contribution in [0.1, 0.15) is 12.2 Å². The molecule has 2 aromatic carbocycles. The highest BCUT2D eigenvalue weighted by Gasteiger charge is 2.23. The van der Waals surface area contributed by atoms with Crippen molar-refractivity contribution in [3.8, 4) is 22.5 Å². The van der Waals surface area contributed by atoms with E-state index in [9.17, 15) is 9.18 Å². The van der Waals surface area contributed by atoms with Crippen LogP contribution in [0.15, 0.2) is 59.4 Å². The summed E-state index contributed by atoms with van der Waals surface area (Å²) in [5, 5.41) is 0.959. The highest BCUT2D eigenvalue weighted by Crippen LogP contribution is 2.36. The van der Waals surface area contributed by atoms with Crippen LogP contribution in [-0.4, -0.2) is 14.5 Å². The van der Waals surface area contributed by atoms with Crippen molar-refractivity contribution in [2.45, 2.75) is 19.4 Å². The standard InChI is InChI=1S/C21H16FN3O/c22-16-4-1-3-14(12-16)20-21(25-10-2-5-18(25)24-20)15-6-8-17-13(11-15)7-9-19(26)23-17/h1,3-4,6-9,11-12H,2,5,10H2,(H,23,26). The number of H-pyrrole nitrogens is 1. The summed E-state index contributed by atoms with van der Waals surface area (Å²) in [5.41, 5.74) is 4.30. The molecule has 4 nitrogen and oxygen atoms in total. The lowest BCUT2D eigenvalue weighted by Crippen LogP contribution is -2.02. The third-order valence-electron chi connectivity index (χ3n) is 4.92.